The first-order valence-electron chi connectivity index (χ1n) is 8.93. The molecule has 1 aromatic carbocycles. The molecule has 0 spiro atoms. The van der Waals surface area contributed by atoms with E-state index >= 15 is 0 Å². The number of aryl methyl sites for hydroxylation is 2. The molecule has 1 amide bonds. The first-order valence-corrected chi connectivity index (χ1v) is 8.93. The van der Waals surface area contributed by atoms with Crippen LogP contribution in [0.3, 0.4) is 0 Å². The van der Waals surface area contributed by atoms with E-state index in [-0.39, 0.29) is 11.8 Å². The molecule has 6 heteroatoms. The van der Waals surface area contributed by atoms with Crippen LogP contribution in [0.2, 0.25) is 0 Å². The number of aromatic nitrogens is 2. The normalized spacial score (nSPS) is 16.8. The summed E-state index contributed by atoms with van der Waals surface area (Å²) in [6.45, 7) is 3.21. The van der Waals surface area contributed by atoms with Crippen molar-refractivity contribution in [2.75, 3.05) is 13.1 Å². The lowest BCUT2D eigenvalue weighted by atomic mass is 9.87. The Bertz CT molecular complexity index is 678. The Labute approximate surface area is 147 Å². The van der Waals surface area contributed by atoms with Crippen LogP contribution in [0.1, 0.15) is 49.1 Å². The molecule has 3 rings (SSSR count). The molecule has 2 heterocycles. The minimum absolute atomic E-state index is 0.170. The third kappa shape index (κ3) is 4.66. The van der Waals surface area contributed by atoms with Gasteiger partial charge in [-0.1, -0.05) is 35.5 Å². The maximum Gasteiger partial charge on any atom is 0.226 e. The minimum Gasteiger partial charge on any atom is -0.388 e. The first-order chi connectivity index (χ1) is 12.1. The van der Waals surface area contributed by atoms with Gasteiger partial charge in [-0.3, -0.25) is 4.79 Å². The molecule has 1 atom stereocenters. The monoisotopic (exact) mass is 343 g/mol. The zero-order chi connectivity index (χ0) is 17.6. The van der Waals surface area contributed by atoms with Gasteiger partial charge in [0.2, 0.25) is 11.8 Å². The summed E-state index contributed by atoms with van der Waals surface area (Å²) in [5.41, 5.74) is 0.960. The average molecular weight is 343 g/mol. The van der Waals surface area contributed by atoms with Gasteiger partial charge in [-0.15, -0.1) is 0 Å². The molecule has 1 unspecified atom stereocenters. The predicted molar refractivity (Wildman–Crippen MR) is 92.7 cm³/mol. The average Bonchev–Trinajstić information content (AvgIpc) is 3.07. The SMILES string of the molecule is Cc1noc(CCCC(=O)N2CCC(C(O)c3ccccc3)CC2)n1. The fraction of sp³-hybridized carbons (Fsp3) is 0.526. The number of aliphatic hydroxyl groups is 1. The van der Waals surface area contributed by atoms with Crippen molar-refractivity contribution < 1.29 is 14.4 Å². The molecular formula is C19H25N3O3. The standard InChI is InChI=1S/C19H25N3O3/c1-14-20-17(25-21-14)8-5-9-18(23)22-12-10-16(11-13-22)19(24)15-6-3-2-4-7-15/h2-4,6-7,16,19,24H,5,8-13H2,1H3. The van der Waals surface area contributed by atoms with Crippen LogP contribution in [-0.2, 0) is 11.2 Å². The van der Waals surface area contributed by atoms with E-state index in [1.54, 1.807) is 6.92 Å². The van der Waals surface area contributed by atoms with Crippen LogP contribution >= 0.6 is 0 Å². The zero-order valence-corrected chi connectivity index (χ0v) is 14.6. The molecule has 25 heavy (non-hydrogen) atoms. The fourth-order valence-corrected chi connectivity index (χ4v) is 3.38. The van der Waals surface area contributed by atoms with Gasteiger partial charge in [0.25, 0.3) is 0 Å². The van der Waals surface area contributed by atoms with E-state index in [9.17, 15) is 9.90 Å². The lowest BCUT2D eigenvalue weighted by molar-refractivity contribution is -0.133. The van der Waals surface area contributed by atoms with Gasteiger partial charge < -0.3 is 14.5 Å². The number of amides is 1. The number of aliphatic hydroxyl groups excluding tert-OH is 1. The molecule has 0 radical (unpaired) electrons. The van der Waals surface area contributed by atoms with E-state index in [1.165, 1.54) is 0 Å². The van der Waals surface area contributed by atoms with Gasteiger partial charge in [0.1, 0.15) is 0 Å². The highest BCUT2D eigenvalue weighted by Crippen LogP contribution is 2.30. The van der Waals surface area contributed by atoms with Crippen LogP contribution in [0.4, 0.5) is 0 Å². The number of hydrogen-bond donors (Lipinski definition) is 1. The van der Waals surface area contributed by atoms with E-state index < -0.39 is 6.10 Å². The summed E-state index contributed by atoms with van der Waals surface area (Å²) in [7, 11) is 0. The Hall–Kier alpha value is -2.21. The highest BCUT2D eigenvalue weighted by Gasteiger charge is 2.28. The fourth-order valence-electron chi connectivity index (χ4n) is 3.38. The van der Waals surface area contributed by atoms with E-state index in [2.05, 4.69) is 10.1 Å². The Balaban J connectivity index is 1.41. The predicted octanol–water partition coefficient (Wildman–Crippen LogP) is 2.67. The summed E-state index contributed by atoms with van der Waals surface area (Å²) in [5, 5.41) is 14.3. The number of benzene rings is 1. The third-order valence-corrected chi connectivity index (χ3v) is 4.83. The van der Waals surface area contributed by atoms with Crippen LogP contribution < -0.4 is 0 Å². The molecule has 1 fully saturated rings. The number of rotatable bonds is 6. The summed E-state index contributed by atoms with van der Waals surface area (Å²) in [4.78, 5) is 18.4. The van der Waals surface area contributed by atoms with Crippen molar-refractivity contribution in [3.63, 3.8) is 0 Å². The van der Waals surface area contributed by atoms with Crippen molar-refractivity contribution in [3.05, 3.63) is 47.6 Å². The Morgan fingerprint density at radius 2 is 2.04 bits per heavy atom. The first kappa shape index (κ1) is 17.6. The molecule has 1 N–H and O–H groups in total. The molecule has 1 aliphatic rings. The molecule has 2 aromatic rings. The smallest absolute Gasteiger partial charge is 0.226 e. The second-order valence-electron chi connectivity index (χ2n) is 6.66. The van der Waals surface area contributed by atoms with Crippen molar-refractivity contribution in [1.29, 1.82) is 0 Å². The van der Waals surface area contributed by atoms with Gasteiger partial charge in [0, 0.05) is 25.9 Å². The molecule has 0 aliphatic carbocycles. The summed E-state index contributed by atoms with van der Waals surface area (Å²) >= 11 is 0. The summed E-state index contributed by atoms with van der Waals surface area (Å²) in [6.07, 6.45) is 3.07. The summed E-state index contributed by atoms with van der Waals surface area (Å²) in [6, 6.07) is 9.76. The number of carbonyl (C=O) groups excluding carboxylic acids is 1. The highest BCUT2D eigenvalue weighted by molar-refractivity contribution is 5.76. The number of likely N-dealkylation sites (tertiary alicyclic amines) is 1. The van der Waals surface area contributed by atoms with Crippen LogP contribution in [-0.4, -0.2) is 39.1 Å². The van der Waals surface area contributed by atoms with Gasteiger partial charge >= 0.3 is 0 Å². The van der Waals surface area contributed by atoms with Crippen molar-refractivity contribution in [3.8, 4) is 0 Å². The topological polar surface area (TPSA) is 79.5 Å². The van der Waals surface area contributed by atoms with E-state index in [4.69, 9.17) is 4.52 Å². The number of carbonyl (C=O) groups is 1. The molecule has 6 nitrogen and oxygen atoms in total. The molecule has 1 saturated heterocycles. The third-order valence-electron chi connectivity index (χ3n) is 4.83. The molecule has 0 saturated carbocycles. The number of nitrogens with zero attached hydrogens (tertiary/aromatic N) is 3. The lowest BCUT2D eigenvalue weighted by Gasteiger charge is -2.34. The number of hydrogen-bond acceptors (Lipinski definition) is 5. The van der Waals surface area contributed by atoms with Crippen LogP contribution in [0.15, 0.2) is 34.9 Å². The second-order valence-corrected chi connectivity index (χ2v) is 6.66. The maximum atomic E-state index is 12.3. The zero-order valence-electron chi connectivity index (χ0n) is 14.6. The molecule has 1 aliphatic heterocycles. The van der Waals surface area contributed by atoms with Crippen LogP contribution in [0, 0.1) is 12.8 Å². The minimum atomic E-state index is -0.445. The van der Waals surface area contributed by atoms with Gasteiger partial charge in [-0.2, -0.15) is 4.98 Å². The Morgan fingerprint density at radius 1 is 1.32 bits per heavy atom. The largest absolute Gasteiger partial charge is 0.388 e. The van der Waals surface area contributed by atoms with E-state index in [0.717, 1.165) is 18.4 Å². The lowest BCUT2D eigenvalue weighted by Crippen LogP contribution is -2.39. The van der Waals surface area contributed by atoms with Crippen molar-refractivity contribution in [1.82, 2.24) is 15.0 Å². The highest BCUT2D eigenvalue weighted by atomic mass is 16.5. The van der Waals surface area contributed by atoms with Crippen molar-refractivity contribution >= 4 is 5.91 Å². The summed E-state index contributed by atoms with van der Waals surface area (Å²) in [5.74, 6) is 1.60. The van der Waals surface area contributed by atoms with Gasteiger partial charge in [-0.25, -0.2) is 0 Å². The molecular weight excluding hydrogens is 318 g/mol. The quantitative estimate of drug-likeness (QED) is 0.872. The van der Waals surface area contributed by atoms with Crippen LogP contribution in [0.25, 0.3) is 0 Å². The summed E-state index contributed by atoms with van der Waals surface area (Å²) < 4.78 is 5.06. The maximum absolute atomic E-state index is 12.3. The Morgan fingerprint density at radius 3 is 2.68 bits per heavy atom. The molecule has 1 aromatic heterocycles. The van der Waals surface area contributed by atoms with Crippen molar-refractivity contribution in [2.24, 2.45) is 5.92 Å². The van der Waals surface area contributed by atoms with E-state index in [1.807, 2.05) is 35.2 Å². The second kappa shape index (κ2) is 8.25. The molecule has 0 bridgehead atoms. The van der Waals surface area contributed by atoms with Crippen molar-refractivity contribution in [2.45, 2.75) is 45.1 Å². The van der Waals surface area contributed by atoms with Gasteiger partial charge in [0.05, 0.1) is 6.10 Å². The number of piperidine rings is 1. The molecule has 134 valence electrons. The Kier molecular flexibility index (Phi) is 5.81. The van der Waals surface area contributed by atoms with E-state index in [0.29, 0.717) is 44.1 Å². The van der Waals surface area contributed by atoms with Gasteiger partial charge in [0.15, 0.2) is 5.82 Å². The van der Waals surface area contributed by atoms with Gasteiger partial charge in [-0.05, 0) is 37.7 Å². The van der Waals surface area contributed by atoms with Crippen LogP contribution in [0.5, 0.6) is 0 Å².